The van der Waals surface area contributed by atoms with Crippen LogP contribution in [0.3, 0.4) is 0 Å². The van der Waals surface area contributed by atoms with Crippen LogP contribution in [0.4, 0.5) is 0 Å². The highest BCUT2D eigenvalue weighted by atomic mass is 16.7. The molecule has 3 rings (SSSR count). The minimum atomic E-state index is -0.199. The number of nitrogens with zero attached hydrogens (tertiary/aromatic N) is 1. The zero-order valence-electron chi connectivity index (χ0n) is 11.1. The van der Waals surface area contributed by atoms with E-state index < -0.39 is 0 Å². The van der Waals surface area contributed by atoms with Crippen molar-refractivity contribution in [3.05, 3.63) is 0 Å². The van der Waals surface area contributed by atoms with Crippen molar-refractivity contribution in [3.63, 3.8) is 0 Å². The highest BCUT2D eigenvalue weighted by Gasteiger charge is 2.40. The van der Waals surface area contributed by atoms with Gasteiger partial charge in [-0.3, -0.25) is 0 Å². The lowest BCUT2D eigenvalue weighted by atomic mass is 9.83. The Bertz CT molecular complexity index is 262. The van der Waals surface area contributed by atoms with Gasteiger partial charge < -0.3 is 19.5 Å². The Kier molecular flexibility index (Phi) is 3.89. The first-order valence-corrected chi connectivity index (χ1v) is 7.41. The molecule has 0 radical (unpaired) electrons. The van der Waals surface area contributed by atoms with E-state index in [1.54, 1.807) is 0 Å². The van der Waals surface area contributed by atoms with Gasteiger partial charge in [0.25, 0.3) is 0 Å². The Labute approximate surface area is 109 Å². The molecule has 1 aliphatic carbocycles. The van der Waals surface area contributed by atoms with Crippen molar-refractivity contribution in [1.29, 1.82) is 0 Å². The first-order chi connectivity index (χ1) is 8.80. The van der Waals surface area contributed by atoms with E-state index in [4.69, 9.17) is 14.6 Å². The molecule has 3 fully saturated rings. The summed E-state index contributed by atoms with van der Waals surface area (Å²) in [5.74, 6) is 1.19. The largest absolute Gasteiger partial charge is 0.396 e. The quantitative estimate of drug-likeness (QED) is 0.820. The van der Waals surface area contributed by atoms with Gasteiger partial charge in [-0.15, -0.1) is 0 Å². The van der Waals surface area contributed by atoms with Crippen LogP contribution in [0.2, 0.25) is 0 Å². The molecule has 0 unspecified atom stereocenters. The van der Waals surface area contributed by atoms with Crippen molar-refractivity contribution in [2.45, 2.75) is 37.9 Å². The molecule has 4 nitrogen and oxygen atoms in total. The van der Waals surface area contributed by atoms with Crippen LogP contribution in [0.5, 0.6) is 0 Å². The van der Waals surface area contributed by atoms with Gasteiger partial charge in [-0.25, -0.2) is 0 Å². The van der Waals surface area contributed by atoms with Crippen molar-refractivity contribution in [2.75, 3.05) is 39.5 Å². The number of ether oxygens (including phenoxy) is 2. The third kappa shape index (κ3) is 2.72. The SMILES string of the molecule is OCC1CN(CCC2CCC3(CC2)OCCO3)C1. The molecule has 0 amide bonds. The van der Waals surface area contributed by atoms with E-state index in [-0.39, 0.29) is 5.79 Å². The Morgan fingerprint density at radius 2 is 1.72 bits per heavy atom. The average molecular weight is 255 g/mol. The third-order valence-electron chi connectivity index (χ3n) is 4.83. The van der Waals surface area contributed by atoms with Crippen molar-refractivity contribution in [2.24, 2.45) is 11.8 Å². The molecular formula is C14H25NO3. The molecule has 1 saturated carbocycles. The zero-order valence-corrected chi connectivity index (χ0v) is 11.1. The van der Waals surface area contributed by atoms with Crippen molar-refractivity contribution in [1.82, 2.24) is 4.90 Å². The van der Waals surface area contributed by atoms with E-state index in [1.165, 1.54) is 25.8 Å². The summed E-state index contributed by atoms with van der Waals surface area (Å²) in [5, 5.41) is 8.98. The van der Waals surface area contributed by atoms with Crippen LogP contribution in [0.1, 0.15) is 32.1 Å². The summed E-state index contributed by atoms with van der Waals surface area (Å²) >= 11 is 0. The van der Waals surface area contributed by atoms with Crippen LogP contribution < -0.4 is 0 Å². The Balaban J connectivity index is 1.33. The highest BCUT2D eigenvalue weighted by Crippen LogP contribution is 2.39. The van der Waals surface area contributed by atoms with E-state index in [2.05, 4.69) is 4.90 Å². The second-order valence-electron chi connectivity index (χ2n) is 6.15. The lowest BCUT2D eigenvalue weighted by molar-refractivity contribution is -0.183. The third-order valence-corrected chi connectivity index (χ3v) is 4.83. The van der Waals surface area contributed by atoms with Gasteiger partial charge in [-0.2, -0.15) is 0 Å². The molecule has 0 aromatic carbocycles. The second kappa shape index (κ2) is 5.45. The molecule has 4 heteroatoms. The minimum absolute atomic E-state index is 0.199. The molecule has 18 heavy (non-hydrogen) atoms. The maximum absolute atomic E-state index is 8.98. The monoisotopic (exact) mass is 255 g/mol. The predicted molar refractivity (Wildman–Crippen MR) is 68.2 cm³/mol. The average Bonchev–Trinajstić information content (AvgIpc) is 2.79. The van der Waals surface area contributed by atoms with E-state index in [0.717, 1.165) is 45.1 Å². The van der Waals surface area contributed by atoms with Gasteiger partial charge in [0.1, 0.15) is 0 Å². The van der Waals surface area contributed by atoms with Gasteiger partial charge in [-0.05, 0) is 31.7 Å². The molecule has 0 atom stereocenters. The van der Waals surface area contributed by atoms with Crippen LogP contribution in [-0.4, -0.2) is 55.2 Å². The van der Waals surface area contributed by atoms with Gasteiger partial charge in [0.2, 0.25) is 0 Å². The van der Waals surface area contributed by atoms with Crippen LogP contribution in [0, 0.1) is 11.8 Å². The molecular weight excluding hydrogens is 230 g/mol. The van der Waals surface area contributed by atoms with Crippen LogP contribution in [0.15, 0.2) is 0 Å². The first kappa shape index (κ1) is 12.9. The van der Waals surface area contributed by atoms with Crippen LogP contribution in [0.25, 0.3) is 0 Å². The summed E-state index contributed by atoms with van der Waals surface area (Å²) in [6.07, 6.45) is 5.95. The Morgan fingerprint density at radius 1 is 1.06 bits per heavy atom. The van der Waals surface area contributed by atoms with E-state index in [1.807, 2.05) is 0 Å². The normalized spacial score (nSPS) is 29.8. The maximum atomic E-state index is 8.98. The highest BCUT2D eigenvalue weighted by molar-refractivity contribution is 4.84. The molecule has 1 spiro atoms. The fraction of sp³-hybridized carbons (Fsp3) is 1.00. The summed E-state index contributed by atoms with van der Waals surface area (Å²) in [4.78, 5) is 2.47. The molecule has 104 valence electrons. The Morgan fingerprint density at radius 3 is 2.33 bits per heavy atom. The molecule has 3 aliphatic rings. The van der Waals surface area contributed by atoms with Gasteiger partial charge >= 0.3 is 0 Å². The molecule has 1 N–H and O–H groups in total. The topological polar surface area (TPSA) is 41.9 Å². The summed E-state index contributed by atoms with van der Waals surface area (Å²) in [5.41, 5.74) is 0. The van der Waals surface area contributed by atoms with Gasteiger partial charge in [-0.1, -0.05) is 0 Å². The van der Waals surface area contributed by atoms with Gasteiger partial charge in [0, 0.05) is 38.5 Å². The van der Waals surface area contributed by atoms with Crippen LogP contribution >= 0.6 is 0 Å². The fourth-order valence-corrected chi connectivity index (χ4v) is 3.53. The minimum Gasteiger partial charge on any atom is -0.396 e. The molecule has 0 bridgehead atoms. The summed E-state index contributed by atoms with van der Waals surface area (Å²) < 4.78 is 11.5. The summed E-state index contributed by atoms with van der Waals surface area (Å²) in [7, 11) is 0. The van der Waals surface area contributed by atoms with E-state index in [0.29, 0.717) is 12.5 Å². The van der Waals surface area contributed by atoms with Crippen molar-refractivity contribution >= 4 is 0 Å². The molecule has 0 aromatic rings. The number of aliphatic hydroxyl groups is 1. The molecule has 2 aliphatic heterocycles. The molecule has 2 heterocycles. The lowest BCUT2D eigenvalue weighted by Crippen LogP contribution is -2.49. The lowest BCUT2D eigenvalue weighted by Gasteiger charge is -2.40. The van der Waals surface area contributed by atoms with E-state index in [9.17, 15) is 0 Å². The van der Waals surface area contributed by atoms with Crippen molar-refractivity contribution < 1.29 is 14.6 Å². The number of hydrogen-bond acceptors (Lipinski definition) is 4. The summed E-state index contributed by atoms with van der Waals surface area (Å²) in [6, 6.07) is 0. The predicted octanol–water partition coefficient (Wildman–Crippen LogP) is 1.23. The van der Waals surface area contributed by atoms with Crippen LogP contribution in [-0.2, 0) is 9.47 Å². The number of hydrogen-bond donors (Lipinski definition) is 1. The standard InChI is InChI=1S/C14H25NO3/c16-11-13-9-15(10-13)6-3-12-1-4-14(5-2-12)17-7-8-18-14/h12-13,16H,1-11H2. The molecule has 2 saturated heterocycles. The Hall–Kier alpha value is -0.160. The van der Waals surface area contributed by atoms with Gasteiger partial charge in [0.15, 0.2) is 5.79 Å². The summed E-state index contributed by atoms with van der Waals surface area (Å²) in [6.45, 7) is 5.31. The number of aliphatic hydroxyl groups excluding tert-OH is 1. The first-order valence-electron chi connectivity index (χ1n) is 7.41. The smallest absolute Gasteiger partial charge is 0.168 e. The number of rotatable bonds is 4. The van der Waals surface area contributed by atoms with E-state index >= 15 is 0 Å². The molecule has 0 aromatic heterocycles. The van der Waals surface area contributed by atoms with Gasteiger partial charge in [0.05, 0.1) is 13.2 Å². The number of likely N-dealkylation sites (tertiary alicyclic amines) is 1. The fourth-order valence-electron chi connectivity index (χ4n) is 3.53. The zero-order chi connectivity index (χ0) is 12.4. The maximum Gasteiger partial charge on any atom is 0.168 e. The second-order valence-corrected chi connectivity index (χ2v) is 6.15. The van der Waals surface area contributed by atoms with Crippen molar-refractivity contribution in [3.8, 4) is 0 Å².